The number of hydrogen-bond donors (Lipinski definition) is 2. The van der Waals surface area contributed by atoms with Crippen LogP contribution in [-0.4, -0.2) is 236 Å². The van der Waals surface area contributed by atoms with Crippen LogP contribution in [0.3, 0.4) is 0 Å². The van der Waals surface area contributed by atoms with Crippen molar-refractivity contribution in [3.8, 4) is 5.75 Å². The number of methoxy groups -OCH3 is 1. The van der Waals surface area contributed by atoms with Crippen LogP contribution in [0.15, 0.2) is 24.3 Å². The number of amides is 9. The maximum absolute atomic E-state index is 15.2. The number of likely N-dealkylation sites (N-methyl/N-ethyl adjacent to an activating group) is 8. The Kier molecular flexibility index (Phi) is 29.3. The summed E-state index contributed by atoms with van der Waals surface area (Å²) in [6.07, 6.45) is 0.429. The lowest BCUT2D eigenvalue weighted by Gasteiger charge is -2.40. The molecule has 1 aliphatic rings. The van der Waals surface area contributed by atoms with Gasteiger partial charge < -0.3 is 54.4 Å². The van der Waals surface area contributed by atoms with Crippen LogP contribution in [0.4, 0.5) is 0 Å². The van der Waals surface area contributed by atoms with E-state index in [0.717, 1.165) is 5.56 Å². The molecule has 0 unspecified atom stereocenters. The van der Waals surface area contributed by atoms with Gasteiger partial charge >= 0.3 is 5.97 Å². The molecule has 1 heterocycles. The summed E-state index contributed by atoms with van der Waals surface area (Å²) in [6, 6.07) is -2.54. The normalized spacial score (nSPS) is 22.5. The standard InChI is InChI=1S/C62H106N10O12/c1-24-40(10)51-54(74)63-41(11)55(75)70(20)48(33-36(2)3)53(73)64-46(35-44-28-30-45(83-23)31-29-44)58(78)66(16)32-26-25-27-47(59(79)67(17)43(13)57(77)72(51)22)69(19)60(80)49(34-37(4)5)71(21)56(76)42(12)68(18)61(81)52(39(8)9)84-62(82)50(38(6)7)65(14)15/h28-31,36-43,46-52H,24-27,32-35H2,1-23H3,(H,63,74)(H,64,73)/t40-,41-,42-,43-,46-,47-,48-,49-,50-,51+,52+/m0/s1. The number of ether oxygens (including phenoxy) is 2. The Morgan fingerprint density at radius 1 is 0.667 bits per heavy atom. The second kappa shape index (κ2) is 33.4. The highest BCUT2D eigenvalue weighted by molar-refractivity contribution is 5.98. The van der Waals surface area contributed by atoms with Crippen LogP contribution < -0.4 is 15.4 Å². The van der Waals surface area contributed by atoms with Crippen LogP contribution in [0.5, 0.6) is 5.75 Å². The lowest BCUT2D eigenvalue weighted by molar-refractivity contribution is -0.169. The fourth-order valence-corrected chi connectivity index (χ4v) is 10.8. The maximum atomic E-state index is 15.2. The van der Waals surface area contributed by atoms with Gasteiger partial charge in [0.15, 0.2) is 6.10 Å². The van der Waals surface area contributed by atoms with Gasteiger partial charge in [0.25, 0.3) is 5.91 Å². The van der Waals surface area contributed by atoms with Crippen molar-refractivity contribution in [1.29, 1.82) is 0 Å². The molecule has 84 heavy (non-hydrogen) atoms. The molecule has 0 aromatic heterocycles. The number of carbonyl (C=O) groups excluding carboxylic acids is 10. The zero-order valence-electron chi connectivity index (χ0n) is 55.1. The number of nitrogens with one attached hydrogen (secondary N) is 2. The topological polar surface area (TPSA) is 239 Å². The molecule has 0 bridgehead atoms. The first-order valence-electron chi connectivity index (χ1n) is 29.9. The van der Waals surface area contributed by atoms with Crippen LogP contribution >= 0.6 is 0 Å². The summed E-state index contributed by atoms with van der Waals surface area (Å²) in [6.45, 7) is 23.3. The number of esters is 1. The third kappa shape index (κ3) is 19.6. The average molecular weight is 1180 g/mol. The lowest BCUT2D eigenvalue weighted by Crippen LogP contribution is -2.61. The predicted octanol–water partition coefficient (Wildman–Crippen LogP) is 4.16. The van der Waals surface area contributed by atoms with E-state index in [1.165, 1.54) is 97.4 Å². The van der Waals surface area contributed by atoms with Gasteiger partial charge in [-0.3, -0.25) is 52.8 Å². The van der Waals surface area contributed by atoms with E-state index in [1.54, 1.807) is 78.2 Å². The second-order valence-electron chi connectivity index (χ2n) is 25.0. The molecule has 9 amide bonds. The Labute approximate surface area is 502 Å². The van der Waals surface area contributed by atoms with E-state index in [1.807, 2.05) is 48.5 Å². The lowest BCUT2D eigenvalue weighted by atomic mass is 9.95. The molecule has 2 rings (SSSR count). The monoisotopic (exact) mass is 1180 g/mol. The van der Waals surface area contributed by atoms with Gasteiger partial charge in [0, 0.05) is 62.3 Å². The summed E-state index contributed by atoms with van der Waals surface area (Å²) in [7, 11) is 15.5. The number of nitrogens with zero attached hydrogens (tertiary/aromatic N) is 8. The molecule has 22 nitrogen and oxygen atoms in total. The van der Waals surface area contributed by atoms with Crippen molar-refractivity contribution in [3.63, 3.8) is 0 Å². The fraction of sp³-hybridized carbons (Fsp3) is 0.742. The van der Waals surface area contributed by atoms with Crippen molar-refractivity contribution in [1.82, 2.24) is 49.8 Å². The first-order valence-corrected chi connectivity index (χ1v) is 29.9. The van der Waals surface area contributed by atoms with Gasteiger partial charge in [-0.1, -0.05) is 87.8 Å². The Bertz CT molecular complexity index is 2390. The summed E-state index contributed by atoms with van der Waals surface area (Å²) in [5, 5.41) is 5.77. The molecule has 22 heteroatoms. The van der Waals surface area contributed by atoms with Gasteiger partial charge in [0.2, 0.25) is 47.3 Å². The van der Waals surface area contributed by atoms with Crippen LogP contribution in [-0.2, 0) is 59.1 Å². The number of carbonyl (C=O) groups is 10. The van der Waals surface area contributed by atoms with Crippen LogP contribution in [0.1, 0.15) is 134 Å². The van der Waals surface area contributed by atoms with E-state index >= 15 is 9.59 Å². The zero-order chi connectivity index (χ0) is 64.5. The molecule has 1 aromatic carbocycles. The first kappa shape index (κ1) is 73.8. The van der Waals surface area contributed by atoms with E-state index in [2.05, 4.69) is 10.6 Å². The summed E-state index contributed by atoms with van der Waals surface area (Å²) in [5.41, 5.74) is 0.730. The number of hydrogen-bond acceptors (Lipinski definition) is 13. The van der Waals surface area contributed by atoms with Crippen molar-refractivity contribution in [3.05, 3.63) is 29.8 Å². The summed E-state index contributed by atoms with van der Waals surface area (Å²) in [5.74, 6) is -6.28. The van der Waals surface area contributed by atoms with Crippen LogP contribution in [0, 0.1) is 29.6 Å². The minimum absolute atomic E-state index is 0.0593. The van der Waals surface area contributed by atoms with Gasteiger partial charge in [0.1, 0.15) is 60.1 Å². The quantitative estimate of drug-likeness (QED) is 0.175. The highest BCUT2D eigenvalue weighted by atomic mass is 16.6. The molecular formula is C62H106N10O12. The molecule has 11 atom stereocenters. The Balaban J connectivity index is 2.77. The van der Waals surface area contributed by atoms with Crippen LogP contribution in [0.2, 0.25) is 0 Å². The van der Waals surface area contributed by atoms with Gasteiger partial charge in [-0.05, 0) is 114 Å². The molecular weight excluding hydrogens is 1080 g/mol. The largest absolute Gasteiger partial charge is 0.497 e. The van der Waals surface area contributed by atoms with Gasteiger partial charge in [-0.15, -0.1) is 0 Å². The molecule has 1 saturated heterocycles. The molecule has 1 fully saturated rings. The van der Waals surface area contributed by atoms with E-state index in [4.69, 9.17) is 9.47 Å². The van der Waals surface area contributed by atoms with Gasteiger partial charge in [0.05, 0.1) is 7.11 Å². The van der Waals surface area contributed by atoms with Crippen molar-refractivity contribution < 1.29 is 57.4 Å². The molecule has 0 spiro atoms. The fourth-order valence-electron chi connectivity index (χ4n) is 10.8. The minimum atomic E-state index is -1.21. The molecule has 1 aliphatic heterocycles. The van der Waals surface area contributed by atoms with Crippen molar-refractivity contribution in [2.24, 2.45) is 29.6 Å². The van der Waals surface area contributed by atoms with E-state index in [9.17, 15) is 38.4 Å². The molecule has 0 radical (unpaired) electrons. The molecule has 0 aliphatic carbocycles. The maximum Gasteiger partial charge on any atom is 0.324 e. The molecule has 476 valence electrons. The number of rotatable bonds is 20. The van der Waals surface area contributed by atoms with E-state index < -0.39 is 131 Å². The van der Waals surface area contributed by atoms with Gasteiger partial charge in [-0.25, -0.2) is 0 Å². The highest BCUT2D eigenvalue weighted by Gasteiger charge is 2.43. The smallest absolute Gasteiger partial charge is 0.324 e. The SMILES string of the molecule is CC[C@H](C)[C@@H]1C(=O)N[C@@H](C)C(=O)N(C)[C@@H](CC(C)C)C(=O)N[C@@H](Cc2ccc(OC)cc2)C(=O)N(C)CCCC[C@H](N(C)C(=O)[C@H](CC(C)C)N(C)C(=O)[C@H](C)N(C)C(=O)[C@H](OC(=O)[C@H](C(C)C)N(C)C)C(C)C)C(=O)N(C)[C@@H](C)C(=O)N1C. The Hall–Kier alpha value is -6.32. The van der Waals surface area contributed by atoms with Gasteiger partial charge in [-0.2, -0.15) is 0 Å². The highest BCUT2D eigenvalue weighted by Crippen LogP contribution is 2.25. The van der Waals surface area contributed by atoms with Crippen molar-refractivity contribution in [2.75, 3.05) is 77.1 Å². The molecule has 0 saturated carbocycles. The van der Waals surface area contributed by atoms with E-state index in [0.29, 0.717) is 18.6 Å². The molecule has 1 aromatic rings. The second-order valence-corrected chi connectivity index (χ2v) is 25.0. The molecule has 2 N–H and O–H groups in total. The first-order chi connectivity index (χ1) is 39.0. The Morgan fingerprint density at radius 2 is 1.25 bits per heavy atom. The summed E-state index contributed by atoms with van der Waals surface area (Å²) < 4.78 is 11.2. The summed E-state index contributed by atoms with van der Waals surface area (Å²) >= 11 is 0. The predicted molar refractivity (Wildman–Crippen MR) is 324 cm³/mol. The minimum Gasteiger partial charge on any atom is -0.497 e. The van der Waals surface area contributed by atoms with Crippen molar-refractivity contribution in [2.45, 2.75) is 195 Å². The Morgan fingerprint density at radius 3 is 1.75 bits per heavy atom. The van der Waals surface area contributed by atoms with Crippen molar-refractivity contribution >= 4 is 59.1 Å². The third-order valence-electron chi connectivity index (χ3n) is 16.6. The van der Waals surface area contributed by atoms with E-state index in [-0.39, 0.29) is 56.4 Å². The zero-order valence-corrected chi connectivity index (χ0v) is 55.1. The average Bonchev–Trinajstić information content (AvgIpc) is 3.65. The summed E-state index contributed by atoms with van der Waals surface area (Å²) in [4.78, 5) is 156. The number of benzene rings is 1. The third-order valence-corrected chi connectivity index (χ3v) is 16.6. The van der Waals surface area contributed by atoms with Crippen LogP contribution in [0.25, 0.3) is 0 Å².